The molecule has 1 saturated carbocycles. The van der Waals surface area contributed by atoms with E-state index in [-0.39, 0.29) is 5.60 Å². The first-order valence-electron chi connectivity index (χ1n) is 10.7. The summed E-state index contributed by atoms with van der Waals surface area (Å²) in [6.07, 6.45) is 6.26. The summed E-state index contributed by atoms with van der Waals surface area (Å²) in [5.74, 6) is 1.54. The van der Waals surface area contributed by atoms with Crippen molar-refractivity contribution in [2.45, 2.75) is 82.6 Å². The highest BCUT2D eigenvalue weighted by molar-refractivity contribution is 5.49. The standard InChI is InChI=1S/C23H35NO4/c1-22(2,3)28-17-6-7-19-18-13-20(26-4)21(27-15-23(25)9-5-10-23)12-16(18)8-11-24(19)14-17/h12-13,17,19,25H,5-11,14-15H2,1-4H3. The summed E-state index contributed by atoms with van der Waals surface area (Å²) in [7, 11) is 1.70. The molecule has 0 radical (unpaired) electrons. The summed E-state index contributed by atoms with van der Waals surface area (Å²) in [5.41, 5.74) is 1.98. The lowest BCUT2D eigenvalue weighted by Crippen LogP contribution is -2.47. The molecule has 28 heavy (non-hydrogen) atoms. The zero-order valence-electron chi connectivity index (χ0n) is 17.8. The van der Waals surface area contributed by atoms with Gasteiger partial charge in [-0.1, -0.05) is 0 Å². The van der Waals surface area contributed by atoms with Crippen molar-refractivity contribution in [2.24, 2.45) is 0 Å². The number of hydrogen-bond acceptors (Lipinski definition) is 5. The number of aliphatic hydroxyl groups is 1. The van der Waals surface area contributed by atoms with Crippen molar-refractivity contribution in [1.29, 1.82) is 0 Å². The normalized spacial score (nSPS) is 26.8. The second-order valence-electron chi connectivity index (χ2n) is 9.76. The summed E-state index contributed by atoms with van der Waals surface area (Å²) in [6.45, 7) is 8.81. The maximum absolute atomic E-state index is 10.3. The maximum Gasteiger partial charge on any atom is 0.161 e. The van der Waals surface area contributed by atoms with Gasteiger partial charge in [0.15, 0.2) is 11.5 Å². The molecule has 2 heterocycles. The van der Waals surface area contributed by atoms with Crippen molar-refractivity contribution in [3.05, 3.63) is 23.3 Å². The summed E-state index contributed by atoms with van der Waals surface area (Å²) in [5, 5.41) is 10.3. The third-order valence-electron chi connectivity index (χ3n) is 6.39. The predicted molar refractivity (Wildman–Crippen MR) is 109 cm³/mol. The Morgan fingerprint density at radius 1 is 1.18 bits per heavy atom. The molecule has 5 heteroatoms. The van der Waals surface area contributed by atoms with E-state index >= 15 is 0 Å². The van der Waals surface area contributed by atoms with Gasteiger partial charge in [0.25, 0.3) is 0 Å². The van der Waals surface area contributed by atoms with Gasteiger partial charge in [0, 0.05) is 19.1 Å². The van der Waals surface area contributed by atoms with Crippen LogP contribution in [-0.2, 0) is 11.2 Å². The van der Waals surface area contributed by atoms with E-state index in [9.17, 15) is 5.11 Å². The summed E-state index contributed by atoms with van der Waals surface area (Å²) in [6, 6.07) is 4.74. The lowest BCUT2D eigenvalue weighted by molar-refractivity contribution is -0.0971. The first-order chi connectivity index (χ1) is 13.3. The summed E-state index contributed by atoms with van der Waals surface area (Å²) < 4.78 is 17.9. The largest absolute Gasteiger partial charge is 0.493 e. The van der Waals surface area contributed by atoms with Crippen molar-refractivity contribution in [1.82, 2.24) is 4.90 Å². The zero-order valence-corrected chi connectivity index (χ0v) is 17.8. The average Bonchev–Trinajstić information content (AvgIpc) is 2.62. The molecule has 2 atom stereocenters. The molecule has 2 fully saturated rings. The molecule has 3 aliphatic rings. The van der Waals surface area contributed by atoms with E-state index in [4.69, 9.17) is 14.2 Å². The van der Waals surface area contributed by atoms with Gasteiger partial charge in [-0.3, -0.25) is 4.90 Å². The Morgan fingerprint density at radius 3 is 2.61 bits per heavy atom. The molecular formula is C23H35NO4. The predicted octanol–water partition coefficient (Wildman–Crippen LogP) is 3.87. The molecule has 1 aromatic rings. The minimum Gasteiger partial charge on any atom is -0.493 e. The molecule has 5 nitrogen and oxygen atoms in total. The lowest BCUT2D eigenvalue weighted by atomic mass is 9.81. The molecule has 1 aromatic carbocycles. The fraction of sp³-hybridized carbons (Fsp3) is 0.739. The molecular weight excluding hydrogens is 354 g/mol. The average molecular weight is 390 g/mol. The fourth-order valence-corrected chi connectivity index (χ4v) is 4.82. The van der Waals surface area contributed by atoms with E-state index < -0.39 is 5.60 Å². The number of ether oxygens (including phenoxy) is 3. The third kappa shape index (κ3) is 4.17. The van der Waals surface area contributed by atoms with Gasteiger partial charge in [0.05, 0.1) is 24.4 Å². The van der Waals surface area contributed by atoms with Crippen LogP contribution in [0.3, 0.4) is 0 Å². The third-order valence-corrected chi connectivity index (χ3v) is 6.39. The van der Waals surface area contributed by atoms with Gasteiger partial charge < -0.3 is 19.3 Å². The van der Waals surface area contributed by atoms with Crippen molar-refractivity contribution >= 4 is 0 Å². The fourth-order valence-electron chi connectivity index (χ4n) is 4.82. The van der Waals surface area contributed by atoms with Crippen LogP contribution in [0.25, 0.3) is 0 Å². The van der Waals surface area contributed by atoms with Crippen LogP contribution in [0.1, 0.15) is 70.0 Å². The van der Waals surface area contributed by atoms with Crippen LogP contribution in [0.2, 0.25) is 0 Å². The second kappa shape index (κ2) is 7.51. The topological polar surface area (TPSA) is 51.2 Å². The smallest absolute Gasteiger partial charge is 0.161 e. The van der Waals surface area contributed by atoms with Gasteiger partial charge in [0.1, 0.15) is 6.61 Å². The second-order valence-corrected chi connectivity index (χ2v) is 9.76. The molecule has 4 rings (SSSR count). The molecule has 1 N–H and O–H groups in total. The number of methoxy groups -OCH3 is 1. The Hall–Kier alpha value is -1.30. The van der Waals surface area contributed by atoms with Crippen LogP contribution in [0.5, 0.6) is 11.5 Å². The number of benzene rings is 1. The number of nitrogens with zero attached hydrogens (tertiary/aromatic N) is 1. The van der Waals surface area contributed by atoms with Crippen LogP contribution in [0, 0.1) is 0 Å². The number of fused-ring (bicyclic) bond motifs is 3. The molecule has 0 bridgehead atoms. The minimum absolute atomic E-state index is 0.0921. The molecule has 1 aliphatic carbocycles. The van der Waals surface area contributed by atoms with E-state index in [2.05, 4.69) is 37.8 Å². The van der Waals surface area contributed by atoms with Gasteiger partial charge in [-0.15, -0.1) is 0 Å². The Kier molecular flexibility index (Phi) is 5.36. The molecule has 0 spiro atoms. The Morgan fingerprint density at radius 2 is 1.96 bits per heavy atom. The highest BCUT2D eigenvalue weighted by atomic mass is 16.5. The highest BCUT2D eigenvalue weighted by Gasteiger charge is 2.37. The monoisotopic (exact) mass is 389 g/mol. The zero-order chi connectivity index (χ0) is 19.9. The molecule has 2 aliphatic heterocycles. The van der Waals surface area contributed by atoms with Crippen LogP contribution >= 0.6 is 0 Å². The van der Waals surface area contributed by atoms with E-state index in [1.807, 2.05) is 0 Å². The summed E-state index contributed by atoms with van der Waals surface area (Å²) >= 11 is 0. The van der Waals surface area contributed by atoms with Crippen molar-refractivity contribution in [3.8, 4) is 11.5 Å². The van der Waals surface area contributed by atoms with Crippen molar-refractivity contribution < 1.29 is 19.3 Å². The van der Waals surface area contributed by atoms with E-state index in [1.165, 1.54) is 11.1 Å². The summed E-state index contributed by atoms with van der Waals surface area (Å²) in [4.78, 5) is 2.57. The number of rotatable bonds is 5. The maximum atomic E-state index is 10.3. The Balaban J connectivity index is 1.49. The van der Waals surface area contributed by atoms with E-state index in [0.717, 1.165) is 63.1 Å². The van der Waals surface area contributed by atoms with Crippen molar-refractivity contribution in [2.75, 3.05) is 26.8 Å². The lowest BCUT2D eigenvalue weighted by Gasteiger charge is -2.45. The van der Waals surface area contributed by atoms with Gasteiger partial charge in [-0.05, 0) is 82.6 Å². The number of hydrogen-bond donors (Lipinski definition) is 1. The van der Waals surface area contributed by atoms with Crippen LogP contribution < -0.4 is 9.47 Å². The van der Waals surface area contributed by atoms with Crippen molar-refractivity contribution in [3.63, 3.8) is 0 Å². The van der Waals surface area contributed by atoms with Gasteiger partial charge in [-0.25, -0.2) is 0 Å². The molecule has 2 unspecified atom stereocenters. The minimum atomic E-state index is -0.650. The van der Waals surface area contributed by atoms with Crippen LogP contribution in [0.15, 0.2) is 12.1 Å². The first-order valence-corrected chi connectivity index (χ1v) is 10.7. The van der Waals surface area contributed by atoms with Crippen LogP contribution in [0.4, 0.5) is 0 Å². The molecule has 1 saturated heterocycles. The van der Waals surface area contributed by atoms with E-state index in [1.54, 1.807) is 7.11 Å². The highest BCUT2D eigenvalue weighted by Crippen LogP contribution is 2.43. The molecule has 0 amide bonds. The van der Waals surface area contributed by atoms with Gasteiger partial charge in [0.2, 0.25) is 0 Å². The number of piperidine rings is 1. The van der Waals surface area contributed by atoms with Gasteiger partial charge in [-0.2, -0.15) is 0 Å². The Bertz CT molecular complexity index is 707. The quantitative estimate of drug-likeness (QED) is 0.829. The first kappa shape index (κ1) is 20.0. The SMILES string of the molecule is COc1cc2c(cc1OCC1(O)CCC1)CCN1CC(OC(C)(C)C)CCC21. The van der Waals surface area contributed by atoms with Gasteiger partial charge >= 0.3 is 0 Å². The molecule has 0 aromatic heterocycles. The molecule has 156 valence electrons. The Labute approximate surface area is 169 Å². The van der Waals surface area contributed by atoms with E-state index in [0.29, 0.717) is 18.8 Å². The van der Waals surface area contributed by atoms with Crippen LogP contribution in [-0.4, -0.2) is 54.1 Å².